The van der Waals surface area contributed by atoms with Crippen LogP contribution in [0.5, 0.6) is 0 Å². The van der Waals surface area contributed by atoms with Crippen molar-refractivity contribution in [2.45, 2.75) is 19.8 Å². The number of hydrogen-bond donors (Lipinski definition) is 1. The van der Waals surface area contributed by atoms with Crippen molar-refractivity contribution >= 4 is 0 Å². The molecule has 1 aliphatic heterocycles. The summed E-state index contributed by atoms with van der Waals surface area (Å²) in [5.74, 6) is 2.86. The lowest BCUT2D eigenvalue weighted by molar-refractivity contribution is 0.181. The van der Waals surface area contributed by atoms with Crippen molar-refractivity contribution in [1.82, 2.24) is 5.32 Å². The third-order valence-electron chi connectivity index (χ3n) is 3.20. The predicted molar refractivity (Wildman–Crippen MR) is 49.1 cm³/mol. The molecule has 0 aromatic heterocycles. The molecular formula is C10H19NO. The highest BCUT2D eigenvalue weighted by atomic mass is 16.5. The molecule has 1 saturated heterocycles. The van der Waals surface area contributed by atoms with Gasteiger partial charge in [-0.3, -0.25) is 0 Å². The van der Waals surface area contributed by atoms with Crippen LogP contribution >= 0.6 is 0 Å². The molecule has 2 rings (SSSR count). The quantitative estimate of drug-likeness (QED) is 0.684. The summed E-state index contributed by atoms with van der Waals surface area (Å²) in [6.45, 7) is 6.57. The van der Waals surface area contributed by atoms with Crippen LogP contribution in [0.2, 0.25) is 0 Å². The highest BCUT2D eigenvalue weighted by Gasteiger charge is 2.43. The summed E-state index contributed by atoms with van der Waals surface area (Å²) in [5, 5.41) is 3.42. The van der Waals surface area contributed by atoms with Gasteiger partial charge in [-0.2, -0.15) is 0 Å². The van der Waals surface area contributed by atoms with E-state index in [9.17, 15) is 0 Å². The van der Waals surface area contributed by atoms with Crippen LogP contribution in [-0.2, 0) is 4.74 Å². The lowest BCUT2D eigenvalue weighted by atomic mass is 10.0. The van der Waals surface area contributed by atoms with Crippen LogP contribution in [0.1, 0.15) is 19.8 Å². The summed E-state index contributed by atoms with van der Waals surface area (Å²) in [7, 11) is 0. The fraction of sp³-hybridized carbons (Fsp3) is 1.00. The molecule has 0 amide bonds. The van der Waals surface area contributed by atoms with Crippen molar-refractivity contribution in [2.24, 2.45) is 17.8 Å². The third-order valence-corrected chi connectivity index (χ3v) is 3.20. The van der Waals surface area contributed by atoms with Crippen LogP contribution in [0, 0.1) is 17.8 Å². The number of rotatable bonds is 4. The van der Waals surface area contributed by atoms with E-state index >= 15 is 0 Å². The molecule has 1 saturated carbocycles. The molecule has 1 N–H and O–H groups in total. The normalized spacial score (nSPS) is 40.2. The molecule has 2 heteroatoms. The van der Waals surface area contributed by atoms with Crippen molar-refractivity contribution in [3.8, 4) is 0 Å². The molecule has 2 nitrogen and oxygen atoms in total. The Balaban J connectivity index is 1.65. The second-order valence-corrected chi connectivity index (χ2v) is 4.09. The Morgan fingerprint density at radius 2 is 2.42 bits per heavy atom. The molecule has 70 valence electrons. The van der Waals surface area contributed by atoms with Crippen molar-refractivity contribution < 1.29 is 4.74 Å². The standard InChI is InChI=1S/C10H19NO/c1-2-11-6-9-5-10(9)8-3-4-12-7-8/h8-11H,2-7H2,1H3. The summed E-state index contributed by atoms with van der Waals surface area (Å²) in [4.78, 5) is 0. The first-order valence-corrected chi connectivity index (χ1v) is 5.20. The topological polar surface area (TPSA) is 21.3 Å². The van der Waals surface area contributed by atoms with Gasteiger partial charge in [-0.1, -0.05) is 6.92 Å². The zero-order valence-electron chi connectivity index (χ0n) is 7.88. The zero-order valence-corrected chi connectivity index (χ0v) is 7.88. The fourth-order valence-electron chi connectivity index (χ4n) is 2.30. The Hall–Kier alpha value is -0.0800. The Morgan fingerprint density at radius 1 is 1.50 bits per heavy atom. The molecule has 1 heterocycles. The van der Waals surface area contributed by atoms with Crippen LogP contribution in [0.3, 0.4) is 0 Å². The fourth-order valence-corrected chi connectivity index (χ4v) is 2.30. The van der Waals surface area contributed by atoms with Gasteiger partial charge >= 0.3 is 0 Å². The van der Waals surface area contributed by atoms with Crippen LogP contribution in [-0.4, -0.2) is 26.3 Å². The van der Waals surface area contributed by atoms with Gasteiger partial charge in [-0.25, -0.2) is 0 Å². The lowest BCUT2D eigenvalue weighted by Gasteiger charge is -2.05. The molecule has 0 aromatic carbocycles. The van der Waals surface area contributed by atoms with Gasteiger partial charge in [0.15, 0.2) is 0 Å². The monoisotopic (exact) mass is 169 g/mol. The average molecular weight is 169 g/mol. The summed E-state index contributed by atoms with van der Waals surface area (Å²) < 4.78 is 5.39. The third kappa shape index (κ3) is 1.80. The summed E-state index contributed by atoms with van der Waals surface area (Å²) in [5.41, 5.74) is 0. The molecule has 12 heavy (non-hydrogen) atoms. The Bertz CT molecular complexity index is 143. The van der Waals surface area contributed by atoms with Crippen molar-refractivity contribution in [2.75, 3.05) is 26.3 Å². The number of nitrogens with one attached hydrogen (secondary N) is 1. The second-order valence-electron chi connectivity index (χ2n) is 4.09. The first-order chi connectivity index (χ1) is 5.92. The second kappa shape index (κ2) is 3.75. The zero-order chi connectivity index (χ0) is 8.39. The number of ether oxygens (including phenoxy) is 1. The minimum absolute atomic E-state index is 0.897. The van der Waals surface area contributed by atoms with Crippen LogP contribution in [0.25, 0.3) is 0 Å². The Morgan fingerprint density at radius 3 is 3.08 bits per heavy atom. The van der Waals surface area contributed by atoms with Crippen LogP contribution < -0.4 is 5.32 Å². The highest BCUT2D eigenvalue weighted by Crippen LogP contribution is 2.46. The van der Waals surface area contributed by atoms with E-state index < -0.39 is 0 Å². The maximum atomic E-state index is 5.39. The van der Waals surface area contributed by atoms with Gasteiger partial charge < -0.3 is 10.1 Å². The maximum absolute atomic E-state index is 5.39. The molecule has 3 atom stereocenters. The first-order valence-electron chi connectivity index (χ1n) is 5.20. The number of hydrogen-bond acceptors (Lipinski definition) is 2. The van der Waals surface area contributed by atoms with E-state index in [-0.39, 0.29) is 0 Å². The van der Waals surface area contributed by atoms with Gasteiger partial charge in [0.1, 0.15) is 0 Å². The van der Waals surface area contributed by atoms with Gasteiger partial charge in [0.25, 0.3) is 0 Å². The van der Waals surface area contributed by atoms with Crippen LogP contribution in [0.15, 0.2) is 0 Å². The summed E-state index contributed by atoms with van der Waals surface area (Å²) in [6, 6.07) is 0. The maximum Gasteiger partial charge on any atom is 0.0497 e. The largest absolute Gasteiger partial charge is 0.381 e. The molecule has 0 aromatic rings. The molecule has 2 aliphatic rings. The molecule has 2 fully saturated rings. The molecule has 3 unspecified atom stereocenters. The summed E-state index contributed by atoms with van der Waals surface area (Å²) >= 11 is 0. The van der Waals surface area contributed by atoms with Crippen molar-refractivity contribution in [3.63, 3.8) is 0 Å². The Labute approximate surface area is 74.7 Å². The molecule has 0 spiro atoms. The predicted octanol–water partition coefficient (Wildman–Crippen LogP) is 1.27. The smallest absolute Gasteiger partial charge is 0.0497 e. The molecule has 1 aliphatic carbocycles. The molecule has 0 bridgehead atoms. The van der Waals surface area contributed by atoms with E-state index in [1.54, 1.807) is 0 Å². The van der Waals surface area contributed by atoms with Gasteiger partial charge in [0.2, 0.25) is 0 Å². The van der Waals surface area contributed by atoms with E-state index in [1.165, 1.54) is 19.4 Å². The van der Waals surface area contributed by atoms with Crippen LogP contribution in [0.4, 0.5) is 0 Å². The van der Waals surface area contributed by atoms with E-state index in [2.05, 4.69) is 12.2 Å². The molecular weight excluding hydrogens is 150 g/mol. The summed E-state index contributed by atoms with van der Waals surface area (Å²) in [6.07, 6.45) is 2.76. The van der Waals surface area contributed by atoms with E-state index in [1.807, 2.05) is 0 Å². The first kappa shape index (κ1) is 8.52. The van der Waals surface area contributed by atoms with E-state index in [0.29, 0.717) is 0 Å². The highest BCUT2D eigenvalue weighted by molar-refractivity contribution is 4.93. The van der Waals surface area contributed by atoms with Crippen molar-refractivity contribution in [1.29, 1.82) is 0 Å². The lowest BCUT2D eigenvalue weighted by Crippen LogP contribution is -2.17. The molecule has 0 radical (unpaired) electrons. The van der Waals surface area contributed by atoms with E-state index in [4.69, 9.17) is 4.74 Å². The minimum atomic E-state index is 0.897. The Kier molecular flexibility index (Phi) is 2.66. The SMILES string of the molecule is CCNCC1CC1C1CCOC1. The van der Waals surface area contributed by atoms with Gasteiger partial charge in [-0.15, -0.1) is 0 Å². The van der Waals surface area contributed by atoms with Gasteiger partial charge in [0, 0.05) is 13.2 Å². The van der Waals surface area contributed by atoms with Gasteiger partial charge in [0.05, 0.1) is 0 Å². The van der Waals surface area contributed by atoms with E-state index in [0.717, 1.165) is 37.5 Å². The van der Waals surface area contributed by atoms with Gasteiger partial charge in [-0.05, 0) is 43.7 Å². The minimum Gasteiger partial charge on any atom is -0.381 e. The average Bonchev–Trinajstić information content (AvgIpc) is 2.64. The van der Waals surface area contributed by atoms with Crippen molar-refractivity contribution in [3.05, 3.63) is 0 Å².